The molecule has 178 valence electrons. The third-order valence-corrected chi connectivity index (χ3v) is 6.70. The smallest absolute Gasteiger partial charge is 0.252 e. The van der Waals surface area contributed by atoms with Crippen molar-refractivity contribution in [3.8, 4) is 22.6 Å². The normalized spacial score (nSPS) is 16.9. The number of hydrogen-bond acceptors (Lipinski definition) is 5. The molecule has 4 aromatic rings. The van der Waals surface area contributed by atoms with Gasteiger partial charge in [0.2, 0.25) is 5.95 Å². The zero-order chi connectivity index (χ0) is 24.3. The average molecular weight is 472 g/mol. The Morgan fingerprint density at radius 2 is 1.94 bits per heavy atom. The highest BCUT2D eigenvalue weighted by Gasteiger charge is 2.29. The van der Waals surface area contributed by atoms with Gasteiger partial charge in [0.25, 0.3) is 5.91 Å². The van der Waals surface area contributed by atoms with Crippen molar-refractivity contribution in [3.05, 3.63) is 65.4 Å². The fraction of sp³-hybridized carbons (Fsp3) is 0.308. The molecule has 1 saturated carbocycles. The van der Waals surface area contributed by atoms with E-state index in [-0.39, 0.29) is 17.8 Å². The van der Waals surface area contributed by atoms with Crippen molar-refractivity contribution in [1.29, 1.82) is 0 Å². The van der Waals surface area contributed by atoms with Gasteiger partial charge >= 0.3 is 0 Å². The van der Waals surface area contributed by atoms with Crippen LogP contribution < -0.4 is 10.6 Å². The number of fused-ring (bicyclic) bond motifs is 1. The first-order chi connectivity index (χ1) is 16.9. The Kier molecular flexibility index (Phi) is 4.94. The second-order valence-electron chi connectivity index (χ2n) is 9.26. The molecule has 6 rings (SSSR count). The second kappa shape index (κ2) is 8.04. The fourth-order valence-corrected chi connectivity index (χ4v) is 4.66. The number of rotatable bonds is 6. The molecule has 1 atom stereocenters. The van der Waals surface area contributed by atoms with Crippen LogP contribution in [0.1, 0.15) is 60.4 Å². The minimum absolute atomic E-state index is 0.0418. The SMILES string of the molecule is CCn1nc(-c2ccc(-c3cn(C)c(C4CC4)n3)c(F)c2)nc1Nc1ccc2c(c1)C(C)NC2=O. The van der Waals surface area contributed by atoms with Crippen LogP contribution >= 0.6 is 0 Å². The molecule has 2 aromatic heterocycles. The number of halogens is 1. The number of imidazole rings is 1. The topological polar surface area (TPSA) is 89.7 Å². The highest BCUT2D eigenvalue weighted by atomic mass is 19.1. The lowest BCUT2D eigenvalue weighted by atomic mass is 10.1. The molecule has 1 fully saturated rings. The Labute approximate surface area is 202 Å². The van der Waals surface area contributed by atoms with E-state index in [9.17, 15) is 4.79 Å². The van der Waals surface area contributed by atoms with Crippen LogP contribution in [0.15, 0.2) is 42.6 Å². The van der Waals surface area contributed by atoms with Crippen molar-refractivity contribution in [2.24, 2.45) is 7.05 Å². The number of benzene rings is 2. The highest BCUT2D eigenvalue weighted by molar-refractivity contribution is 5.99. The van der Waals surface area contributed by atoms with E-state index in [1.54, 1.807) is 10.7 Å². The quantitative estimate of drug-likeness (QED) is 0.416. The Morgan fingerprint density at radius 1 is 1.14 bits per heavy atom. The molecule has 9 heteroatoms. The van der Waals surface area contributed by atoms with E-state index in [1.165, 1.54) is 6.07 Å². The maximum Gasteiger partial charge on any atom is 0.252 e. The van der Waals surface area contributed by atoms with Crippen molar-refractivity contribution in [2.75, 3.05) is 5.32 Å². The summed E-state index contributed by atoms with van der Waals surface area (Å²) in [6.45, 7) is 4.52. The second-order valence-corrected chi connectivity index (χ2v) is 9.26. The van der Waals surface area contributed by atoms with E-state index in [1.807, 2.05) is 55.9 Å². The van der Waals surface area contributed by atoms with E-state index in [2.05, 4.69) is 25.7 Å². The van der Waals surface area contributed by atoms with Gasteiger partial charge in [0.1, 0.15) is 11.6 Å². The fourth-order valence-electron chi connectivity index (χ4n) is 4.66. The van der Waals surface area contributed by atoms with E-state index in [0.29, 0.717) is 46.6 Å². The first-order valence-corrected chi connectivity index (χ1v) is 11.9. The van der Waals surface area contributed by atoms with Crippen molar-refractivity contribution in [3.63, 3.8) is 0 Å². The Bertz CT molecular complexity index is 1470. The molecule has 2 aromatic carbocycles. The van der Waals surface area contributed by atoms with Crippen LogP contribution in [0.25, 0.3) is 22.6 Å². The number of anilines is 2. The van der Waals surface area contributed by atoms with Crippen LogP contribution in [0.3, 0.4) is 0 Å². The third-order valence-electron chi connectivity index (χ3n) is 6.70. The van der Waals surface area contributed by atoms with Gasteiger partial charge in [0, 0.05) is 48.1 Å². The summed E-state index contributed by atoms with van der Waals surface area (Å²) in [5, 5.41) is 10.8. The minimum Gasteiger partial charge on any atom is -0.345 e. The molecule has 0 radical (unpaired) electrons. The molecule has 2 aliphatic rings. The van der Waals surface area contributed by atoms with Crippen molar-refractivity contribution in [2.45, 2.75) is 45.2 Å². The zero-order valence-corrected chi connectivity index (χ0v) is 19.8. The number of carbonyl (C=O) groups is 1. The summed E-state index contributed by atoms with van der Waals surface area (Å²) >= 11 is 0. The maximum absolute atomic E-state index is 15.1. The zero-order valence-electron chi connectivity index (χ0n) is 19.8. The molecule has 35 heavy (non-hydrogen) atoms. The van der Waals surface area contributed by atoms with Crippen LogP contribution in [0.4, 0.5) is 16.0 Å². The Morgan fingerprint density at radius 3 is 2.69 bits per heavy atom. The third kappa shape index (κ3) is 3.77. The number of aryl methyl sites for hydroxylation is 2. The van der Waals surface area contributed by atoms with Gasteiger partial charge in [0.05, 0.1) is 11.7 Å². The highest BCUT2D eigenvalue weighted by Crippen LogP contribution is 2.40. The van der Waals surface area contributed by atoms with Crippen LogP contribution in [0.5, 0.6) is 0 Å². The molecule has 1 amide bonds. The van der Waals surface area contributed by atoms with Crippen LogP contribution in [-0.4, -0.2) is 30.2 Å². The number of nitrogens with one attached hydrogen (secondary N) is 2. The average Bonchev–Trinajstić information content (AvgIpc) is 3.40. The van der Waals surface area contributed by atoms with Crippen molar-refractivity contribution < 1.29 is 9.18 Å². The van der Waals surface area contributed by atoms with Gasteiger partial charge in [-0.25, -0.2) is 14.1 Å². The van der Waals surface area contributed by atoms with Gasteiger partial charge < -0.3 is 15.2 Å². The Hall–Kier alpha value is -4.01. The number of carbonyl (C=O) groups excluding carboxylic acids is 1. The number of aromatic nitrogens is 5. The maximum atomic E-state index is 15.1. The van der Waals surface area contributed by atoms with Crippen LogP contribution in [0.2, 0.25) is 0 Å². The minimum atomic E-state index is -0.352. The summed E-state index contributed by atoms with van der Waals surface area (Å²) in [7, 11) is 1.96. The summed E-state index contributed by atoms with van der Waals surface area (Å²) in [4.78, 5) is 21.3. The van der Waals surface area contributed by atoms with Gasteiger partial charge in [0.15, 0.2) is 5.82 Å². The van der Waals surface area contributed by atoms with Gasteiger partial charge in [-0.15, -0.1) is 5.10 Å². The van der Waals surface area contributed by atoms with Gasteiger partial charge in [-0.1, -0.05) is 6.07 Å². The van der Waals surface area contributed by atoms with Crippen molar-refractivity contribution >= 4 is 17.5 Å². The van der Waals surface area contributed by atoms with Crippen LogP contribution in [-0.2, 0) is 13.6 Å². The van der Waals surface area contributed by atoms with Crippen molar-refractivity contribution in [1.82, 2.24) is 29.6 Å². The van der Waals surface area contributed by atoms with Gasteiger partial charge in [-0.2, -0.15) is 4.98 Å². The monoisotopic (exact) mass is 471 g/mol. The Balaban J connectivity index is 1.28. The van der Waals surface area contributed by atoms with Gasteiger partial charge in [-0.05, 0) is 62.6 Å². The number of nitrogens with zero attached hydrogens (tertiary/aromatic N) is 5. The molecular formula is C26H26FN7O. The summed E-state index contributed by atoms with van der Waals surface area (Å²) in [5.74, 6) is 2.09. The number of hydrogen-bond donors (Lipinski definition) is 2. The van der Waals surface area contributed by atoms with E-state index in [0.717, 1.165) is 29.9 Å². The number of amides is 1. The lowest BCUT2D eigenvalue weighted by Crippen LogP contribution is -2.16. The summed E-state index contributed by atoms with van der Waals surface area (Å²) in [6, 6.07) is 10.6. The molecule has 1 unspecified atom stereocenters. The lowest BCUT2D eigenvalue weighted by molar-refractivity contribution is 0.0958. The molecule has 1 aliphatic heterocycles. The molecule has 3 heterocycles. The standard InChI is InChI=1S/C26H26FN7O/c1-4-34-26(29-17-8-10-18-20(12-17)14(2)28-25(18)35)31-23(32-34)16-7-9-19(21(27)11-16)22-13-33(3)24(30-22)15-5-6-15/h7-15H,4-6H2,1-3H3,(H,28,35)(H,29,31,32). The van der Waals surface area contributed by atoms with E-state index in [4.69, 9.17) is 0 Å². The summed E-state index contributed by atoms with van der Waals surface area (Å²) in [5.41, 5.74) is 4.15. The molecule has 2 N–H and O–H groups in total. The molecule has 0 bridgehead atoms. The molecule has 8 nitrogen and oxygen atoms in total. The van der Waals surface area contributed by atoms with Crippen LogP contribution in [0, 0.1) is 5.82 Å². The summed E-state index contributed by atoms with van der Waals surface area (Å²) in [6.07, 6.45) is 4.18. The van der Waals surface area contributed by atoms with E-state index < -0.39 is 0 Å². The molecule has 0 saturated heterocycles. The predicted octanol–water partition coefficient (Wildman–Crippen LogP) is 4.93. The largest absolute Gasteiger partial charge is 0.345 e. The molecular weight excluding hydrogens is 445 g/mol. The van der Waals surface area contributed by atoms with Gasteiger partial charge in [-0.3, -0.25) is 4.79 Å². The molecule has 0 spiro atoms. The lowest BCUT2D eigenvalue weighted by Gasteiger charge is -2.09. The van der Waals surface area contributed by atoms with E-state index >= 15 is 4.39 Å². The first-order valence-electron chi connectivity index (χ1n) is 11.9. The molecule has 1 aliphatic carbocycles. The predicted molar refractivity (Wildman–Crippen MR) is 131 cm³/mol. The first kappa shape index (κ1) is 21.5. The summed E-state index contributed by atoms with van der Waals surface area (Å²) < 4.78 is 18.9.